The van der Waals surface area contributed by atoms with Crippen LogP contribution in [-0.4, -0.2) is 53.4 Å². The highest BCUT2D eigenvalue weighted by Crippen LogP contribution is 2.67. The quantitative estimate of drug-likeness (QED) is 0.582. The zero-order valence-corrected chi connectivity index (χ0v) is 17.2. The van der Waals surface area contributed by atoms with E-state index in [1.165, 1.54) is 0 Å². The molecule has 0 spiro atoms. The molecule has 0 radical (unpaired) electrons. The Bertz CT molecular complexity index is 887. The maximum atomic E-state index is 12.2. The lowest BCUT2D eigenvalue weighted by atomic mass is 9.39. The minimum Gasteiger partial charge on any atom is -0.449 e. The highest BCUT2D eigenvalue weighted by molar-refractivity contribution is 5.69. The number of rotatable bonds is 7. The Morgan fingerprint density at radius 2 is 1.55 bits per heavy atom. The summed E-state index contributed by atoms with van der Waals surface area (Å²) in [5, 5.41) is 10.8. The lowest BCUT2D eigenvalue weighted by Gasteiger charge is -2.68. The van der Waals surface area contributed by atoms with Crippen LogP contribution in [0.4, 0.5) is 31.1 Å². The van der Waals surface area contributed by atoms with Crippen molar-refractivity contribution in [1.82, 2.24) is 15.5 Å². The molecular weight excluding hydrogens is 464 g/mol. The van der Waals surface area contributed by atoms with Gasteiger partial charge in [0, 0.05) is 11.5 Å². The van der Waals surface area contributed by atoms with Gasteiger partial charge in [-0.3, -0.25) is 9.47 Å². The molecule has 0 aliphatic heterocycles. The fraction of sp³-hybridized carbons (Fsp3) is 0.842. The van der Waals surface area contributed by atoms with Gasteiger partial charge in [0.05, 0.1) is 24.2 Å². The van der Waals surface area contributed by atoms with E-state index in [4.69, 9.17) is 9.15 Å². The van der Waals surface area contributed by atoms with Crippen LogP contribution in [0.1, 0.15) is 62.6 Å². The summed E-state index contributed by atoms with van der Waals surface area (Å²) in [5.41, 5.74) is -0.782. The monoisotopic (exact) mass is 485 g/mol. The van der Waals surface area contributed by atoms with Crippen LogP contribution in [0, 0.1) is 5.92 Å². The molecule has 5 aliphatic rings. The average Bonchev–Trinajstić information content (AvgIpc) is 3.01. The Kier molecular flexibility index (Phi) is 5.13. The van der Waals surface area contributed by atoms with Crippen molar-refractivity contribution in [1.29, 1.82) is 0 Å². The molecular formula is C19H21F6N3O5. The van der Waals surface area contributed by atoms with Crippen LogP contribution < -0.4 is 5.32 Å². The van der Waals surface area contributed by atoms with Crippen molar-refractivity contribution in [3.63, 3.8) is 0 Å². The number of hydrogen-bond donors (Lipinski definition) is 1. The van der Waals surface area contributed by atoms with Crippen LogP contribution in [0.3, 0.4) is 0 Å². The number of alkyl halides is 6. The molecule has 0 saturated heterocycles. The van der Waals surface area contributed by atoms with Gasteiger partial charge in [-0.15, -0.1) is 36.5 Å². The van der Waals surface area contributed by atoms with Crippen molar-refractivity contribution in [3.8, 4) is 0 Å². The number of alkyl carbamates (subject to hydrolysis) is 1. The number of carbonyl (C=O) groups is 1. The van der Waals surface area contributed by atoms with Crippen molar-refractivity contribution in [2.75, 3.05) is 6.61 Å². The first-order valence-corrected chi connectivity index (χ1v) is 10.6. The Labute approximate surface area is 183 Å². The molecule has 14 heteroatoms. The van der Waals surface area contributed by atoms with E-state index in [2.05, 4.69) is 25.0 Å². The number of halogens is 6. The van der Waals surface area contributed by atoms with E-state index in [1.54, 1.807) is 0 Å². The first-order valence-electron chi connectivity index (χ1n) is 10.6. The maximum Gasteiger partial charge on any atom is 0.522 e. The molecule has 8 nitrogen and oxygen atoms in total. The first kappa shape index (κ1) is 22.7. The van der Waals surface area contributed by atoms with Crippen molar-refractivity contribution >= 4 is 6.09 Å². The molecule has 0 atom stereocenters. The molecule has 1 aromatic heterocycles. The largest absolute Gasteiger partial charge is 0.522 e. The van der Waals surface area contributed by atoms with Crippen LogP contribution in [0.5, 0.6) is 0 Å². The summed E-state index contributed by atoms with van der Waals surface area (Å²) in [6.07, 6.45) is -9.31. The number of amides is 1. The smallest absolute Gasteiger partial charge is 0.449 e. The van der Waals surface area contributed by atoms with E-state index in [1.807, 2.05) is 0 Å². The third-order valence-electron chi connectivity index (χ3n) is 6.98. The lowest BCUT2D eigenvalue weighted by molar-refractivity contribution is -0.355. The Morgan fingerprint density at radius 1 is 0.970 bits per heavy atom. The third kappa shape index (κ3) is 4.63. The van der Waals surface area contributed by atoms with E-state index >= 15 is 0 Å². The summed E-state index contributed by atoms with van der Waals surface area (Å²) < 4.78 is 91.7. The molecule has 0 aromatic carbocycles. The summed E-state index contributed by atoms with van der Waals surface area (Å²) >= 11 is 0. The first-order chi connectivity index (χ1) is 15.3. The minimum absolute atomic E-state index is 0.0260. The SMILES string of the molecule is O=C(NC12CC(c3nnc([C@H]4C[C@@H](OC(F)(F)F)C4)o3)(C1)C2)OC[C@H]1C[C@@H](OC(F)(F)F)C1. The second-order valence-electron chi connectivity index (χ2n) is 9.64. The fourth-order valence-corrected chi connectivity index (χ4v) is 5.36. The Hall–Kier alpha value is -2.09. The van der Waals surface area contributed by atoms with Gasteiger partial charge in [-0.25, -0.2) is 4.79 Å². The summed E-state index contributed by atoms with van der Waals surface area (Å²) in [7, 11) is 0. The molecule has 5 saturated carbocycles. The van der Waals surface area contributed by atoms with Gasteiger partial charge in [0.2, 0.25) is 11.8 Å². The summed E-state index contributed by atoms with van der Waals surface area (Å²) in [6, 6.07) is 0. The fourth-order valence-electron chi connectivity index (χ4n) is 5.36. The van der Waals surface area contributed by atoms with Crippen LogP contribution in [0.2, 0.25) is 0 Å². The Balaban J connectivity index is 1.01. The molecule has 2 bridgehead atoms. The van der Waals surface area contributed by atoms with Crippen LogP contribution in [0.25, 0.3) is 0 Å². The van der Waals surface area contributed by atoms with Crippen LogP contribution in [-0.2, 0) is 19.6 Å². The van der Waals surface area contributed by atoms with Gasteiger partial charge < -0.3 is 14.5 Å². The molecule has 184 valence electrons. The number of carbonyl (C=O) groups excluding carboxylic acids is 1. The number of nitrogens with zero attached hydrogens (tertiary/aromatic N) is 2. The normalized spacial score (nSPS) is 37.3. The third-order valence-corrected chi connectivity index (χ3v) is 6.98. The van der Waals surface area contributed by atoms with E-state index < -0.39 is 36.6 Å². The zero-order valence-electron chi connectivity index (χ0n) is 17.2. The van der Waals surface area contributed by atoms with Crippen LogP contribution >= 0.6 is 0 Å². The topological polar surface area (TPSA) is 95.7 Å². The van der Waals surface area contributed by atoms with Gasteiger partial charge in [0.25, 0.3) is 0 Å². The molecule has 1 aromatic rings. The van der Waals surface area contributed by atoms with Crippen molar-refractivity contribution in [2.24, 2.45) is 5.92 Å². The second kappa shape index (κ2) is 7.45. The van der Waals surface area contributed by atoms with Crippen molar-refractivity contribution in [3.05, 3.63) is 11.8 Å². The van der Waals surface area contributed by atoms with Gasteiger partial charge in [-0.05, 0) is 50.9 Å². The maximum absolute atomic E-state index is 12.2. The standard InChI is InChI=1S/C19H21F6N3O5/c20-18(21,22)32-11-1-9(2-11)5-30-15(29)26-17-6-16(7-17,8-17)14-28-27-13(31-14)10-3-12(4-10)33-19(23,24)25/h9-12H,1-8H2,(H,26,29)/t9-,10-,11+,12+,16?,17?. The molecule has 1 heterocycles. The van der Waals surface area contributed by atoms with E-state index in [-0.39, 0.29) is 49.5 Å². The lowest BCUT2D eigenvalue weighted by Crippen LogP contribution is -2.76. The predicted molar refractivity (Wildman–Crippen MR) is 93.6 cm³/mol. The number of hydrogen-bond acceptors (Lipinski definition) is 7. The molecule has 0 unspecified atom stereocenters. The zero-order chi connectivity index (χ0) is 23.6. The Morgan fingerprint density at radius 3 is 2.12 bits per heavy atom. The van der Waals surface area contributed by atoms with Crippen LogP contribution in [0.15, 0.2) is 4.42 Å². The van der Waals surface area contributed by atoms with E-state index in [9.17, 15) is 31.1 Å². The molecule has 5 fully saturated rings. The predicted octanol–water partition coefficient (Wildman–Crippen LogP) is 4.07. The molecule has 1 amide bonds. The number of ether oxygens (including phenoxy) is 3. The van der Waals surface area contributed by atoms with E-state index in [0.717, 1.165) is 0 Å². The van der Waals surface area contributed by atoms with Gasteiger partial charge in [-0.2, -0.15) is 0 Å². The molecule has 33 heavy (non-hydrogen) atoms. The van der Waals surface area contributed by atoms with Gasteiger partial charge in [0.15, 0.2) is 0 Å². The van der Waals surface area contributed by atoms with Gasteiger partial charge in [0.1, 0.15) is 0 Å². The summed E-state index contributed by atoms with van der Waals surface area (Å²) in [4.78, 5) is 12.1. The molecule has 5 aliphatic carbocycles. The summed E-state index contributed by atoms with van der Waals surface area (Å²) in [6.45, 7) is 0.0260. The average molecular weight is 485 g/mol. The van der Waals surface area contributed by atoms with Gasteiger partial charge in [-0.1, -0.05) is 0 Å². The van der Waals surface area contributed by atoms with Crippen molar-refractivity contribution < 1.29 is 49.8 Å². The second-order valence-corrected chi connectivity index (χ2v) is 9.64. The highest BCUT2D eigenvalue weighted by Gasteiger charge is 2.72. The highest BCUT2D eigenvalue weighted by atomic mass is 19.4. The van der Waals surface area contributed by atoms with Gasteiger partial charge >= 0.3 is 18.8 Å². The number of nitrogens with one attached hydrogen (secondary N) is 1. The minimum atomic E-state index is -4.66. The molecule has 6 rings (SSSR count). The van der Waals surface area contributed by atoms with Crippen molar-refractivity contribution in [2.45, 2.75) is 86.8 Å². The van der Waals surface area contributed by atoms with E-state index in [0.29, 0.717) is 31.0 Å². The summed E-state index contributed by atoms with van der Waals surface area (Å²) in [5.74, 6) is 0.291. The molecule has 1 N–H and O–H groups in total. The number of aromatic nitrogens is 2.